The van der Waals surface area contributed by atoms with Crippen LogP contribution in [0, 0.1) is 16.6 Å². The smallest absolute Gasteiger partial charge is 0.353 e. The highest BCUT2D eigenvalue weighted by Crippen LogP contribution is 2.34. The number of amidine groups is 1. The van der Waals surface area contributed by atoms with Gasteiger partial charge in [-0.15, -0.1) is 11.3 Å². The Bertz CT molecular complexity index is 1320. The van der Waals surface area contributed by atoms with Gasteiger partial charge in [0.1, 0.15) is 16.8 Å². The Morgan fingerprint density at radius 3 is 2.37 bits per heavy atom. The first-order chi connectivity index (χ1) is 18.1. The first kappa shape index (κ1) is 28.5. The lowest BCUT2D eigenvalue weighted by molar-refractivity contribution is -0.144. The molecular weight excluding hydrogens is 509 g/mol. The highest BCUT2D eigenvalue weighted by atomic mass is 32.1. The molecule has 5 N–H and O–H groups in total. The third kappa shape index (κ3) is 6.83. The predicted octanol–water partition coefficient (Wildman–Crippen LogP) is 4.55. The quantitative estimate of drug-likeness (QED) is 0.115. The number of amides is 1. The number of halogens is 1. The number of hydrogen-bond donors (Lipinski definition) is 4. The fourth-order valence-corrected chi connectivity index (χ4v) is 5.11. The van der Waals surface area contributed by atoms with Gasteiger partial charge in [-0.05, 0) is 55.2 Å². The van der Waals surface area contributed by atoms with Gasteiger partial charge in [0.15, 0.2) is 11.6 Å². The Hall–Kier alpha value is -4.05. The standard InChI is InChI=1S/C28H30FN3O5S/c1-3-28(4-2,27(36)32-21(25(33)34)14-17-8-6-5-7-9-17)16-19-11-13-23(38-19)26(35)37-22-12-10-18(24(30)31)15-20(22)29/h5-13,15,21H,3-4,14,16H2,1-2H3,(H3,30,31)(H,32,36)(H,33,34)/t21-/m0/s1. The van der Waals surface area contributed by atoms with Gasteiger partial charge >= 0.3 is 11.9 Å². The van der Waals surface area contributed by atoms with Crippen molar-refractivity contribution in [2.24, 2.45) is 11.1 Å². The monoisotopic (exact) mass is 539 g/mol. The minimum Gasteiger partial charge on any atom is -0.480 e. The van der Waals surface area contributed by atoms with Crippen LogP contribution < -0.4 is 15.8 Å². The lowest BCUT2D eigenvalue weighted by Gasteiger charge is -2.31. The molecular formula is C28H30FN3O5S. The summed E-state index contributed by atoms with van der Waals surface area (Å²) in [6.45, 7) is 3.73. The lowest BCUT2D eigenvalue weighted by Crippen LogP contribution is -2.50. The van der Waals surface area contributed by atoms with Crippen molar-refractivity contribution >= 4 is 35.0 Å². The number of nitrogens with one attached hydrogen (secondary N) is 2. The van der Waals surface area contributed by atoms with Crippen molar-refractivity contribution < 1.29 is 28.6 Å². The molecule has 1 heterocycles. The van der Waals surface area contributed by atoms with Crippen LogP contribution >= 0.6 is 11.3 Å². The van der Waals surface area contributed by atoms with Crippen LogP contribution in [-0.4, -0.2) is 34.8 Å². The van der Waals surface area contributed by atoms with Gasteiger partial charge in [0, 0.05) is 16.9 Å². The number of nitrogen functional groups attached to an aromatic ring is 1. The number of aliphatic carboxylic acids is 1. The molecule has 0 radical (unpaired) electrons. The third-order valence-electron chi connectivity index (χ3n) is 6.54. The Morgan fingerprint density at radius 2 is 1.79 bits per heavy atom. The van der Waals surface area contributed by atoms with Gasteiger partial charge in [0.05, 0.1) is 5.41 Å². The Labute approximate surface area is 224 Å². The summed E-state index contributed by atoms with van der Waals surface area (Å²) in [4.78, 5) is 38.9. The summed E-state index contributed by atoms with van der Waals surface area (Å²) in [5, 5.41) is 19.8. The van der Waals surface area contributed by atoms with Crippen LogP contribution in [0.1, 0.15) is 52.4 Å². The van der Waals surface area contributed by atoms with Crippen LogP contribution in [-0.2, 0) is 22.4 Å². The van der Waals surface area contributed by atoms with Gasteiger partial charge in [-0.25, -0.2) is 14.0 Å². The SMILES string of the molecule is CCC(CC)(Cc1ccc(C(=O)Oc2ccc(C(=N)N)cc2F)s1)C(=O)N[C@@H](Cc1ccccc1)C(=O)O. The zero-order valence-electron chi connectivity index (χ0n) is 21.1. The van der Waals surface area contributed by atoms with E-state index in [2.05, 4.69) is 5.32 Å². The van der Waals surface area contributed by atoms with Crippen LogP contribution in [0.2, 0.25) is 0 Å². The van der Waals surface area contributed by atoms with E-state index < -0.39 is 29.2 Å². The van der Waals surface area contributed by atoms with Crippen molar-refractivity contribution in [2.45, 2.75) is 45.6 Å². The van der Waals surface area contributed by atoms with Crippen LogP contribution in [0.15, 0.2) is 60.7 Å². The number of thiophene rings is 1. The first-order valence-electron chi connectivity index (χ1n) is 12.1. The molecule has 0 fully saturated rings. The van der Waals surface area contributed by atoms with E-state index in [0.29, 0.717) is 19.3 Å². The van der Waals surface area contributed by atoms with E-state index in [1.165, 1.54) is 12.1 Å². The van der Waals surface area contributed by atoms with E-state index in [4.69, 9.17) is 15.9 Å². The molecule has 0 aliphatic heterocycles. The van der Waals surface area contributed by atoms with Crippen molar-refractivity contribution in [3.63, 3.8) is 0 Å². The number of carbonyl (C=O) groups is 3. The second kappa shape index (κ2) is 12.5. The highest BCUT2D eigenvalue weighted by Gasteiger charge is 2.38. The highest BCUT2D eigenvalue weighted by molar-refractivity contribution is 7.14. The first-order valence-corrected chi connectivity index (χ1v) is 12.9. The van der Waals surface area contributed by atoms with E-state index in [1.807, 2.05) is 44.2 Å². The largest absolute Gasteiger partial charge is 0.480 e. The molecule has 0 unspecified atom stereocenters. The van der Waals surface area contributed by atoms with Gasteiger partial charge in [-0.3, -0.25) is 10.2 Å². The molecule has 0 spiro atoms. The molecule has 38 heavy (non-hydrogen) atoms. The molecule has 3 rings (SSSR count). The van der Waals surface area contributed by atoms with Crippen LogP contribution in [0.5, 0.6) is 5.75 Å². The average molecular weight is 540 g/mol. The number of carboxylic acids is 1. The maximum atomic E-state index is 14.3. The number of carboxylic acid groups (broad SMARTS) is 1. The van der Waals surface area contributed by atoms with Gasteiger partial charge in [-0.2, -0.15) is 0 Å². The normalized spacial score (nSPS) is 12.0. The summed E-state index contributed by atoms with van der Waals surface area (Å²) in [6.07, 6.45) is 1.37. The summed E-state index contributed by atoms with van der Waals surface area (Å²) in [5.74, 6) is -3.65. The fraction of sp³-hybridized carbons (Fsp3) is 0.286. The minimum atomic E-state index is -1.12. The molecule has 1 aromatic heterocycles. The van der Waals surface area contributed by atoms with Crippen LogP contribution in [0.3, 0.4) is 0 Å². The second-order valence-electron chi connectivity index (χ2n) is 8.93. The molecule has 0 aliphatic rings. The summed E-state index contributed by atoms with van der Waals surface area (Å²) < 4.78 is 19.5. The predicted molar refractivity (Wildman–Crippen MR) is 143 cm³/mol. The number of benzene rings is 2. The number of rotatable bonds is 12. The summed E-state index contributed by atoms with van der Waals surface area (Å²) >= 11 is 1.13. The maximum absolute atomic E-state index is 14.3. The number of carbonyl (C=O) groups excluding carboxylic acids is 2. The molecule has 200 valence electrons. The number of ether oxygens (including phenoxy) is 1. The van der Waals surface area contributed by atoms with E-state index in [1.54, 1.807) is 12.1 Å². The van der Waals surface area contributed by atoms with Crippen molar-refractivity contribution in [3.05, 3.63) is 87.4 Å². The molecule has 0 aliphatic carbocycles. The molecule has 0 bridgehead atoms. The van der Waals surface area contributed by atoms with Crippen molar-refractivity contribution in [1.82, 2.24) is 5.32 Å². The molecule has 10 heteroatoms. The summed E-state index contributed by atoms with van der Waals surface area (Å²) in [7, 11) is 0. The molecule has 2 aromatic carbocycles. The molecule has 0 saturated heterocycles. The number of esters is 1. The summed E-state index contributed by atoms with van der Waals surface area (Å²) in [5.41, 5.74) is 5.44. The van der Waals surface area contributed by atoms with E-state index in [0.717, 1.165) is 27.8 Å². The van der Waals surface area contributed by atoms with Gasteiger partial charge in [-0.1, -0.05) is 44.2 Å². The summed E-state index contributed by atoms with van der Waals surface area (Å²) in [6, 6.07) is 14.9. The van der Waals surface area contributed by atoms with Gasteiger partial charge in [0.2, 0.25) is 5.91 Å². The lowest BCUT2D eigenvalue weighted by atomic mass is 9.77. The fourth-order valence-electron chi connectivity index (χ4n) is 4.08. The Morgan fingerprint density at radius 1 is 1.11 bits per heavy atom. The van der Waals surface area contributed by atoms with Gasteiger partial charge < -0.3 is 20.9 Å². The zero-order valence-corrected chi connectivity index (χ0v) is 21.9. The molecule has 1 atom stereocenters. The molecule has 0 saturated carbocycles. The number of hydrogen-bond acceptors (Lipinski definition) is 6. The van der Waals surface area contributed by atoms with Crippen LogP contribution in [0.4, 0.5) is 4.39 Å². The topological polar surface area (TPSA) is 143 Å². The van der Waals surface area contributed by atoms with Crippen molar-refractivity contribution in [3.8, 4) is 5.75 Å². The maximum Gasteiger partial charge on any atom is 0.353 e. The van der Waals surface area contributed by atoms with Crippen molar-refractivity contribution in [1.29, 1.82) is 5.41 Å². The van der Waals surface area contributed by atoms with Crippen LogP contribution in [0.25, 0.3) is 0 Å². The Balaban J connectivity index is 1.73. The zero-order chi connectivity index (χ0) is 27.9. The number of nitrogens with two attached hydrogens (primary N) is 1. The minimum absolute atomic E-state index is 0.157. The Kier molecular flexibility index (Phi) is 9.35. The van der Waals surface area contributed by atoms with E-state index in [-0.39, 0.29) is 34.4 Å². The van der Waals surface area contributed by atoms with Gasteiger partial charge in [0.25, 0.3) is 0 Å². The van der Waals surface area contributed by atoms with E-state index >= 15 is 0 Å². The molecule has 3 aromatic rings. The molecule has 8 nitrogen and oxygen atoms in total. The molecule has 1 amide bonds. The second-order valence-corrected chi connectivity index (χ2v) is 10.1. The average Bonchev–Trinajstić information content (AvgIpc) is 3.37. The third-order valence-corrected chi connectivity index (χ3v) is 7.61. The van der Waals surface area contributed by atoms with Crippen molar-refractivity contribution in [2.75, 3.05) is 0 Å². The van der Waals surface area contributed by atoms with E-state index in [9.17, 15) is 23.9 Å².